The Hall–Kier alpha value is -0.780. The van der Waals surface area contributed by atoms with Crippen LogP contribution in [0, 0.1) is 5.41 Å². The maximum Gasteiger partial charge on any atom is 0.401 e. The van der Waals surface area contributed by atoms with Gasteiger partial charge in [0.2, 0.25) is 0 Å². The first-order valence-corrected chi connectivity index (χ1v) is 6.15. The molecule has 1 N–H and O–H groups in total. The molecule has 18 heavy (non-hydrogen) atoms. The molecule has 0 aromatic heterocycles. The molecule has 0 bridgehead atoms. The average Bonchev–Trinajstić information content (AvgIpc) is 2.19. The van der Waals surface area contributed by atoms with E-state index in [0.29, 0.717) is 0 Å². The number of hydrogen-bond acceptors (Lipinski definition) is 3. The minimum Gasteiger partial charge on any atom is -0.461 e. The van der Waals surface area contributed by atoms with Gasteiger partial charge in [-0.2, -0.15) is 13.2 Å². The molecule has 0 atom stereocenters. The predicted octanol–water partition coefficient (Wildman–Crippen LogP) is 2.65. The highest BCUT2D eigenvalue weighted by molar-refractivity contribution is 5.71. The largest absolute Gasteiger partial charge is 0.461 e. The summed E-state index contributed by atoms with van der Waals surface area (Å²) in [4.78, 5) is 11.3. The quantitative estimate of drug-likeness (QED) is 0.796. The SMILES string of the molecule is CC1(C)CCC(OC(=O)CNCC(F)(F)F)CC1. The molecule has 106 valence electrons. The number of rotatable bonds is 4. The molecule has 1 fully saturated rings. The summed E-state index contributed by atoms with van der Waals surface area (Å²) in [6, 6.07) is 0. The molecule has 1 rings (SSSR count). The minimum absolute atomic E-state index is 0.141. The molecule has 1 aliphatic carbocycles. The summed E-state index contributed by atoms with van der Waals surface area (Å²) in [5.41, 5.74) is 0.275. The van der Waals surface area contributed by atoms with E-state index >= 15 is 0 Å². The third-order valence-corrected chi connectivity index (χ3v) is 3.18. The van der Waals surface area contributed by atoms with Crippen molar-refractivity contribution < 1.29 is 22.7 Å². The van der Waals surface area contributed by atoms with Crippen LogP contribution in [0.15, 0.2) is 0 Å². The number of esters is 1. The van der Waals surface area contributed by atoms with Crippen LogP contribution in [0.1, 0.15) is 39.5 Å². The molecule has 0 heterocycles. The normalized spacial score (nSPS) is 20.7. The number of halogens is 3. The minimum atomic E-state index is -4.30. The van der Waals surface area contributed by atoms with Crippen molar-refractivity contribution in [2.75, 3.05) is 13.1 Å². The van der Waals surface area contributed by atoms with Crippen molar-refractivity contribution in [3.05, 3.63) is 0 Å². The standard InChI is InChI=1S/C12H20F3NO2/c1-11(2)5-3-9(4-6-11)18-10(17)7-16-8-12(13,14)15/h9,16H,3-8H2,1-2H3. The molecule has 6 heteroatoms. The van der Waals surface area contributed by atoms with Gasteiger partial charge in [0.25, 0.3) is 0 Å². The van der Waals surface area contributed by atoms with E-state index in [1.807, 2.05) is 5.32 Å². The van der Waals surface area contributed by atoms with Crippen LogP contribution in [-0.4, -0.2) is 31.3 Å². The molecule has 0 spiro atoms. The van der Waals surface area contributed by atoms with Crippen molar-refractivity contribution >= 4 is 5.97 Å². The molecule has 1 aliphatic rings. The number of nitrogens with one attached hydrogen (secondary N) is 1. The number of carbonyl (C=O) groups excluding carboxylic acids is 1. The number of alkyl halides is 3. The lowest BCUT2D eigenvalue weighted by molar-refractivity contribution is -0.152. The lowest BCUT2D eigenvalue weighted by Crippen LogP contribution is -2.36. The molecule has 0 amide bonds. The van der Waals surface area contributed by atoms with Crippen molar-refractivity contribution in [2.45, 2.75) is 51.8 Å². The summed E-state index contributed by atoms with van der Waals surface area (Å²) in [6.07, 6.45) is -0.911. The fourth-order valence-electron chi connectivity index (χ4n) is 2.02. The fourth-order valence-corrected chi connectivity index (χ4v) is 2.02. The number of hydrogen-bond donors (Lipinski definition) is 1. The van der Waals surface area contributed by atoms with Crippen molar-refractivity contribution in [1.82, 2.24) is 5.32 Å². The highest BCUT2D eigenvalue weighted by Gasteiger charge is 2.29. The molecule has 3 nitrogen and oxygen atoms in total. The van der Waals surface area contributed by atoms with Crippen LogP contribution < -0.4 is 5.32 Å². The summed E-state index contributed by atoms with van der Waals surface area (Å²) < 4.78 is 40.6. The van der Waals surface area contributed by atoms with E-state index in [2.05, 4.69) is 13.8 Å². The summed E-state index contributed by atoms with van der Waals surface area (Å²) in [5, 5.41) is 2.03. The summed E-state index contributed by atoms with van der Waals surface area (Å²) >= 11 is 0. The Labute approximate surface area is 105 Å². The summed E-state index contributed by atoms with van der Waals surface area (Å²) in [6.45, 7) is 2.77. The van der Waals surface area contributed by atoms with Gasteiger partial charge in [0.05, 0.1) is 13.1 Å². The first-order valence-electron chi connectivity index (χ1n) is 6.15. The van der Waals surface area contributed by atoms with Gasteiger partial charge in [0.15, 0.2) is 0 Å². The fraction of sp³-hybridized carbons (Fsp3) is 0.917. The molecule has 0 aromatic carbocycles. The Bertz CT molecular complexity index is 280. The maximum absolute atomic E-state index is 11.8. The zero-order chi connectivity index (χ0) is 13.8. The summed E-state index contributed by atoms with van der Waals surface area (Å²) in [5.74, 6) is -0.607. The number of ether oxygens (including phenoxy) is 1. The second-order valence-electron chi connectivity index (χ2n) is 5.57. The Morgan fingerprint density at radius 3 is 2.39 bits per heavy atom. The second kappa shape index (κ2) is 5.91. The highest BCUT2D eigenvalue weighted by Crippen LogP contribution is 2.36. The van der Waals surface area contributed by atoms with Gasteiger partial charge in [-0.3, -0.25) is 10.1 Å². The molecule has 0 radical (unpaired) electrons. The predicted molar refractivity (Wildman–Crippen MR) is 61.1 cm³/mol. The monoisotopic (exact) mass is 267 g/mol. The third kappa shape index (κ3) is 6.23. The van der Waals surface area contributed by atoms with Gasteiger partial charge in [-0.05, 0) is 31.1 Å². The molecular weight excluding hydrogens is 247 g/mol. The van der Waals surface area contributed by atoms with E-state index in [0.717, 1.165) is 25.7 Å². The van der Waals surface area contributed by atoms with Gasteiger partial charge in [0, 0.05) is 0 Å². The van der Waals surface area contributed by atoms with Crippen LogP contribution in [0.3, 0.4) is 0 Å². The molecule has 0 aliphatic heterocycles. The first-order chi connectivity index (χ1) is 8.18. The molecule has 1 saturated carbocycles. The topological polar surface area (TPSA) is 38.3 Å². The zero-order valence-electron chi connectivity index (χ0n) is 10.8. The Morgan fingerprint density at radius 1 is 1.33 bits per heavy atom. The van der Waals surface area contributed by atoms with Gasteiger partial charge in [0.1, 0.15) is 6.10 Å². The van der Waals surface area contributed by atoms with Crippen LogP contribution in [0.4, 0.5) is 13.2 Å². The van der Waals surface area contributed by atoms with Gasteiger partial charge >= 0.3 is 12.1 Å². The zero-order valence-corrected chi connectivity index (χ0v) is 10.8. The smallest absolute Gasteiger partial charge is 0.401 e. The highest BCUT2D eigenvalue weighted by atomic mass is 19.4. The number of carbonyl (C=O) groups is 1. The van der Waals surface area contributed by atoms with Crippen LogP contribution >= 0.6 is 0 Å². The first kappa shape index (κ1) is 15.3. The average molecular weight is 267 g/mol. The van der Waals surface area contributed by atoms with E-state index in [1.54, 1.807) is 0 Å². The molecule has 0 saturated heterocycles. The second-order valence-corrected chi connectivity index (χ2v) is 5.57. The van der Waals surface area contributed by atoms with E-state index < -0.39 is 18.7 Å². The van der Waals surface area contributed by atoms with E-state index in [1.165, 1.54) is 0 Å². The Kier molecular flexibility index (Phi) is 5.01. The van der Waals surface area contributed by atoms with Crippen molar-refractivity contribution in [3.8, 4) is 0 Å². The Morgan fingerprint density at radius 2 is 1.89 bits per heavy atom. The van der Waals surface area contributed by atoms with Crippen LogP contribution in [-0.2, 0) is 9.53 Å². The van der Waals surface area contributed by atoms with Crippen molar-refractivity contribution in [3.63, 3.8) is 0 Å². The van der Waals surface area contributed by atoms with Crippen molar-refractivity contribution in [1.29, 1.82) is 0 Å². The molecule has 0 aromatic rings. The lowest BCUT2D eigenvalue weighted by Gasteiger charge is -2.33. The van der Waals surface area contributed by atoms with E-state index in [9.17, 15) is 18.0 Å². The van der Waals surface area contributed by atoms with Crippen LogP contribution in [0.25, 0.3) is 0 Å². The molecular formula is C12H20F3NO2. The van der Waals surface area contributed by atoms with E-state index in [-0.39, 0.29) is 18.1 Å². The third-order valence-electron chi connectivity index (χ3n) is 3.18. The van der Waals surface area contributed by atoms with Gasteiger partial charge < -0.3 is 4.74 Å². The van der Waals surface area contributed by atoms with Crippen LogP contribution in [0.5, 0.6) is 0 Å². The maximum atomic E-state index is 11.8. The Balaban J connectivity index is 2.17. The lowest BCUT2D eigenvalue weighted by atomic mass is 9.76. The summed E-state index contributed by atoms with van der Waals surface area (Å²) in [7, 11) is 0. The van der Waals surface area contributed by atoms with Gasteiger partial charge in [-0.15, -0.1) is 0 Å². The van der Waals surface area contributed by atoms with Crippen molar-refractivity contribution in [2.24, 2.45) is 5.41 Å². The van der Waals surface area contributed by atoms with Gasteiger partial charge in [-0.25, -0.2) is 0 Å². The molecule has 0 unspecified atom stereocenters. The van der Waals surface area contributed by atoms with Crippen LogP contribution in [0.2, 0.25) is 0 Å². The van der Waals surface area contributed by atoms with E-state index in [4.69, 9.17) is 4.74 Å². The van der Waals surface area contributed by atoms with Gasteiger partial charge in [-0.1, -0.05) is 13.8 Å².